The lowest BCUT2D eigenvalue weighted by Crippen LogP contribution is -2.29. The predicted molar refractivity (Wildman–Crippen MR) is 131 cm³/mol. The van der Waals surface area contributed by atoms with Gasteiger partial charge in [0.15, 0.2) is 16.3 Å². The molecule has 0 unspecified atom stereocenters. The van der Waals surface area contributed by atoms with Crippen LogP contribution in [0.4, 0.5) is 5.69 Å². The number of aryl methyl sites for hydroxylation is 2. The summed E-state index contributed by atoms with van der Waals surface area (Å²) < 4.78 is 1.61. The Morgan fingerprint density at radius 1 is 1.06 bits per heavy atom. The summed E-state index contributed by atoms with van der Waals surface area (Å²) in [5.74, 6) is -0.130. The van der Waals surface area contributed by atoms with Crippen molar-refractivity contribution in [1.82, 2.24) is 19.5 Å². The second-order valence-electron chi connectivity index (χ2n) is 7.69. The van der Waals surface area contributed by atoms with E-state index in [2.05, 4.69) is 20.3 Å². The smallest absolute Gasteiger partial charge is 0.282 e. The lowest BCUT2D eigenvalue weighted by Gasteiger charge is -2.18. The Labute approximate surface area is 196 Å². The maximum Gasteiger partial charge on any atom is 0.282 e. The maximum absolute atomic E-state index is 13.2. The molecular weight excluding hydrogens is 434 g/mol. The quantitative estimate of drug-likeness (QED) is 0.313. The molecule has 0 aliphatic carbocycles. The van der Waals surface area contributed by atoms with Gasteiger partial charge in [-0.1, -0.05) is 66.7 Å². The van der Waals surface area contributed by atoms with Gasteiger partial charge in [-0.2, -0.15) is 0 Å². The van der Waals surface area contributed by atoms with Crippen molar-refractivity contribution in [3.63, 3.8) is 0 Å². The van der Waals surface area contributed by atoms with E-state index < -0.39 is 5.25 Å². The molecule has 4 aromatic rings. The monoisotopic (exact) mass is 459 g/mol. The van der Waals surface area contributed by atoms with Gasteiger partial charge in [0.1, 0.15) is 0 Å². The average molecular weight is 460 g/mol. The van der Waals surface area contributed by atoms with Crippen molar-refractivity contribution in [2.75, 3.05) is 5.32 Å². The lowest BCUT2D eigenvalue weighted by atomic mass is 10.1. The Morgan fingerprint density at radius 3 is 2.52 bits per heavy atom. The molecule has 1 N–H and O–H groups in total. The normalized spacial score (nSPS) is 11.9. The van der Waals surface area contributed by atoms with Crippen LogP contribution < -0.4 is 10.9 Å². The van der Waals surface area contributed by atoms with Gasteiger partial charge in [-0.25, -0.2) is 15.0 Å². The molecule has 0 saturated heterocycles. The minimum Gasteiger partial charge on any atom is -0.325 e. The second-order valence-corrected chi connectivity index (χ2v) is 8.86. The van der Waals surface area contributed by atoms with Gasteiger partial charge in [0.2, 0.25) is 5.91 Å². The third kappa shape index (κ3) is 5.46. The zero-order valence-corrected chi connectivity index (χ0v) is 19.4. The van der Waals surface area contributed by atoms with E-state index in [1.807, 2.05) is 68.4 Å². The van der Waals surface area contributed by atoms with Gasteiger partial charge in [0, 0.05) is 24.6 Å². The fourth-order valence-electron chi connectivity index (χ4n) is 3.41. The number of carbonyl (C=O) groups is 1. The molecule has 0 bridgehead atoms. The number of aromatic nitrogens is 4. The third-order valence-electron chi connectivity index (χ3n) is 5.26. The number of rotatable bonds is 8. The van der Waals surface area contributed by atoms with Crippen molar-refractivity contribution in [1.29, 1.82) is 0 Å². The summed E-state index contributed by atoms with van der Waals surface area (Å²) >= 11 is 1.28. The van der Waals surface area contributed by atoms with Crippen molar-refractivity contribution in [3.05, 3.63) is 88.5 Å². The number of benzene rings is 2. The molecule has 2 heterocycles. The van der Waals surface area contributed by atoms with E-state index in [-0.39, 0.29) is 22.6 Å². The van der Waals surface area contributed by atoms with Crippen LogP contribution in [0.15, 0.2) is 76.9 Å². The van der Waals surface area contributed by atoms with Crippen molar-refractivity contribution < 1.29 is 4.79 Å². The first-order valence-corrected chi connectivity index (χ1v) is 11.7. The molecule has 4 rings (SSSR count). The van der Waals surface area contributed by atoms with E-state index in [0.717, 1.165) is 16.8 Å². The number of amides is 1. The highest BCUT2D eigenvalue weighted by Gasteiger charge is 2.22. The number of anilines is 1. The van der Waals surface area contributed by atoms with E-state index in [0.29, 0.717) is 24.5 Å². The first kappa shape index (κ1) is 22.7. The third-order valence-corrected chi connectivity index (χ3v) is 6.61. The first-order valence-electron chi connectivity index (χ1n) is 10.8. The molecule has 0 radical (unpaired) electrons. The van der Waals surface area contributed by atoms with Gasteiger partial charge in [-0.15, -0.1) is 0 Å². The van der Waals surface area contributed by atoms with Crippen LogP contribution in [-0.4, -0.2) is 30.7 Å². The molecule has 0 fully saturated rings. The van der Waals surface area contributed by atoms with Crippen molar-refractivity contribution >= 4 is 34.5 Å². The average Bonchev–Trinajstić information content (AvgIpc) is 2.84. The zero-order valence-electron chi connectivity index (χ0n) is 18.6. The van der Waals surface area contributed by atoms with Gasteiger partial charge in [-0.3, -0.25) is 14.2 Å². The van der Waals surface area contributed by atoms with Crippen molar-refractivity contribution in [2.45, 2.75) is 43.6 Å². The molecule has 0 saturated carbocycles. The second kappa shape index (κ2) is 10.4. The Bertz CT molecular complexity index is 1310. The van der Waals surface area contributed by atoms with Crippen LogP contribution in [0.25, 0.3) is 11.2 Å². The standard InChI is InChI=1S/C25H25N5O2S/c1-3-20(23(31)28-19-11-9-17(2)10-12-19)33-25-29-22-21(26-14-15-27-22)24(32)30(25)16-13-18-7-5-4-6-8-18/h4-12,14-15,20H,3,13,16H2,1-2H3,(H,28,31)/t20-/m0/s1. The molecule has 0 spiro atoms. The van der Waals surface area contributed by atoms with E-state index in [1.165, 1.54) is 24.2 Å². The number of thioether (sulfide) groups is 1. The Balaban J connectivity index is 1.63. The van der Waals surface area contributed by atoms with Crippen LogP contribution in [-0.2, 0) is 17.8 Å². The van der Waals surface area contributed by atoms with Crippen molar-refractivity contribution in [3.8, 4) is 0 Å². The van der Waals surface area contributed by atoms with Gasteiger partial charge in [0.25, 0.3) is 5.56 Å². The summed E-state index contributed by atoms with van der Waals surface area (Å²) in [5, 5.41) is 3.01. The first-order chi connectivity index (χ1) is 16.0. The van der Waals surface area contributed by atoms with E-state index in [9.17, 15) is 9.59 Å². The fraction of sp³-hybridized carbons (Fsp3) is 0.240. The summed E-state index contributed by atoms with van der Waals surface area (Å²) in [7, 11) is 0. The largest absolute Gasteiger partial charge is 0.325 e. The fourth-order valence-corrected chi connectivity index (χ4v) is 4.44. The molecule has 2 aromatic heterocycles. The Kier molecular flexibility index (Phi) is 7.14. The van der Waals surface area contributed by atoms with Crippen LogP contribution in [0.1, 0.15) is 24.5 Å². The molecule has 2 aromatic carbocycles. The van der Waals surface area contributed by atoms with Gasteiger partial charge in [0.05, 0.1) is 5.25 Å². The highest BCUT2D eigenvalue weighted by molar-refractivity contribution is 8.00. The Hall–Kier alpha value is -3.52. The molecule has 1 atom stereocenters. The summed E-state index contributed by atoms with van der Waals surface area (Å²) in [6, 6.07) is 17.6. The van der Waals surface area contributed by atoms with E-state index in [1.54, 1.807) is 4.57 Å². The van der Waals surface area contributed by atoms with E-state index in [4.69, 9.17) is 0 Å². The van der Waals surface area contributed by atoms with Crippen LogP contribution in [0.2, 0.25) is 0 Å². The van der Waals surface area contributed by atoms with Gasteiger partial charge < -0.3 is 5.32 Å². The number of hydrogen-bond donors (Lipinski definition) is 1. The maximum atomic E-state index is 13.2. The number of carbonyl (C=O) groups excluding carboxylic acids is 1. The van der Waals surface area contributed by atoms with Gasteiger partial charge in [-0.05, 0) is 37.5 Å². The molecule has 0 aliphatic heterocycles. The molecule has 168 valence electrons. The number of fused-ring (bicyclic) bond motifs is 1. The minimum absolute atomic E-state index is 0.130. The SMILES string of the molecule is CC[C@H](Sc1nc2nccnc2c(=O)n1CCc1ccccc1)C(=O)Nc1ccc(C)cc1. The van der Waals surface area contributed by atoms with Gasteiger partial charge >= 0.3 is 0 Å². The predicted octanol–water partition coefficient (Wildman–Crippen LogP) is 4.25. The van der Waals surface area contributed by atoms with Crippen LogP contribution in [0, 0.1) is 6.92 Å². The highest BCUT2D eigenvalue weighted by Crippen LogP contribution is 2.25. The summed E-state index contributed by atoms with van der Waals surface area (Å²) in [4.78, 5) is 39.2. The van der Waals surface area contributed by atoms with Crippen LogP contribution in [0.3, 0.4) is 0 Å². The summed E-state index contributed by atoms with van der Waals surface area (Å²) in [6.45, 7) is 4.37. The summed E-state index contributed by atoms with van der Waals surface area (Å²) in [5.41, 5.74) is 3.24. The van der Waals surface area contributed by atoms with E-state index >= 15 is 0 Å². The van der Waals surface area contributed by atoms with Crippen LogP contribution in [0.5, 0.6) is 0 Å². The summed E-state index contributed by atoms with van der Waals surface area (Å²) in [6.07, 6.45) is 4.24. The zero-order chi connectivity index (χ0) is 23.2. The molecule has 8 heteroatoms. The molecule has 1 amide bonds. The Morgan fingerprint density at radius 2 is 1.79 bits per heavy atom. The van der Waals surface area contributed by atoms with Crippen LogP contribution >= 0.6 is 11.8 Å². The lowest BCUT2D eigenvalue weighted by molar-refractivity contribution is -0.115. The molecule has 7 nitrogen and oxygen atoms in total. The topological polar surface area (TPSA) is 89.8 Å². The minimum atomic E-state index is -0.421. The molecule has 33 heavy (non-hydrogen) atoms. The highest BCUT2D eigenvalue weighted by atomic mass is 32.2. The molecule has 0 aliphatic rings. The molecular formula is C25H25N5O2S. The number of nitrogens with one attached hydrogen (secondary N) is 1. The number of hydrogen-bond acceptors (Lipinski definition) is 6. The number of nitrogens with zero attached hydrogens (tertiary/aromatic N) is 4. The van der Waals surface area contributed by atoms with Crippen molar-refractivity contribution in [2.24, 2.45) is 0 Å².